The predicted octanol–water partition coefficient (Wildman–Crippen LogP) is 3.66. The fourth-order valence-electron chi connectivity index (χ4n) is 3.60. The number of hydrogen-bond donors (Lipinski definition) is 2. The number of rotatable bonds is 6. The number of H-pyrrole nitrogens is 1. The highest BCUT2D eigenvalue weighted by Crippen LogP contribution is 2.21. The second-order valence-electron chi connectivity index (χ2n) is 8.21. The number of hydrogen-bond acceptors (Lipinski definition) is 3. The molecule has 1 aliphatic rings. The molecule has 152 valence electrons. The maximum Gasteiger partial charge on any atom is 0.253 e. The molecule has 0 bridgehead atoms. The Bertz CT molecular complexity index is 901. The summed E-state index contributed by atoms with van der Waals surface area (Å²) in [7, 11) is 0. The van der Waals surface area contributed by atoms with Gasteiger partial charge >= 0.3 is 0 Å². The lowest BCUT2D eigenvalue weighted by Gasteiger charge is -2.28. The third-order valence-corrected chi connectivity index (χ3v) is 5.68. The number of pyridine rings is 1. The molecule has 1 aliphatic heterocycles. The number of benzene rings is 1. The SMILES string of the molecule is Cc1ccc(C)c2[nH]c(=O)c(CN(C[C@H]3CCCO3)C(=S)NCC(C)C)cc12. The number of nitrogens with zero attached hydrogens (tertiary/aromatic N) is 1. The van der Waals surface area contributed by atoms with Crippen LogP contribution in [0.5, 0.6) is 0 Å². The summed E-state index contributed by atoms with van der Waals surface area (Å²) in [6.07, 6.45) is 2.29. The molecule has 1 aromatic carbocycles. The lowest BCUT2D eigenvalue weighted by Crippen LogP contribution is -2.44. The Morgan fingerprint density at radius 1 is 1.36 bits per heavy atom. The normalized spacial score (nSPS) is 16.7. The van der Waals surface area contributed by atoms with Crippen LogP contribution in [0.2, 0.25) is 0 Å². The standard InChI is InChI=1S/C22H31N3O2S/c1-14(2)11-23-22(28)25(13-18-6-5-9-27-18)12-17-10-19-15(3)7-8-16(4)20(19)24-21(17)26/h7-8,10,14,18H,5-6,9,11-13H2,1-4H3,(H,23,28)(H,24,26)/t18-/m1/s1. The van der Waals surface area contributed by atoms with Crippen molar-refractivity contribution in [1.29, 1.82) is 0 Å². The fraction of sp³-hybridized carbons (Fsp3) is 0.545. The maximum absolute atomic E-state index is 12.8. The van der Waals surface area contributed by atoms with Crippen LogP contribution in [0, 0.1) is 19.8 Å². The number of thiocarbonyl (C=S) groups is 1. The summed E-state index contributed by atoms with van der Waals surface area (Å²) in [6.45, 7) is 11.2. The zero-order chi connectivity index (χ0) is 20.3. The van der Waals surface area contributed by atoms with Crippen molar-refractivity contribution in [3.8, 4) is 0 Å². The lowest BCUT2D eigenvalue weighted by molar-refractivity contribution is 0.0896. The van der Waals surface area contributed by atoms with Crippen LogP contribution >= 0.6 is 12.2 Å². The minimum absolute atomic E-state index is 0.0507. The maximum atomic E-state index is 12.8. The minimum atomic E-state index is -0.0507. The van der Waals surface area contributed by atoms with Crippen LogP contribution in [0.1, 0.15) is 43.4 Å². The fourth-order valence-corrected chi connectivity index (χ4v) is 3.82. The van der Waals surface area contributed by atoms with Gasteiger partial charge in [-0.2, -0.15) is 0 Å². The van der Waals surface area contributed by atoms with E-state index in [9.17, 15) is 4.79 Å². The Balaban J connectivity index is 1.88. The van der Waals surface area contributed by atoms with E-state index in [1.807, 2.05) is 19.1 Å². The van der Waals surface area contributed by atoms with Crippen LogP contribution < -0.4 is 10.9 Å². The van der Waals surface area contributed by atoms with Gasteiger partial charge in [-0.3, -0.25) is 4.79 Å². The number of fused-ring (bicyclic) bond motifs is 1. The van der Waals surface area contributed by atoms with Gasteiger partial charge < -0.3 is 19.9 Å². The molecule has 0 aliphatic carbocycles. The highest BCUT2D eigenvalue weighted by molar-refractivity contribution is 7.80. The van der Waals surface area contributed by atoms with Gasteiger partial charge in [0.15, 0.2) is 5.11 Å². The van der Waals surface area contributed by atoms with Crippen molar-refractivity contribution in [1.82, 2.24) is 15.2 Å². The Labute approximate surface area is 172 Å². The zero-order valence-electron chi connectivity index (χ0n) is 17.3. The van der Waals surface area contributed by atoms with Gasteiger partial charge in [0, 0.05) is 30.6 Å². The van der Waals surface area contributed by atoms with E-state index in [1.54, 1.807) is 0 Å². The summed E-state index contributed by atoms with van der Waals surface area (Å²) in [5.74, 6) is 0.497. The molecule has 6 heteroatoms. The van der Waals surface area contributed by atoms with Crippen LogP contribution in [0.15, 0.2) is 23.0 Å². The predicted molar refractivity (Wildman–Crippen MR) is 119 cm³/mol. The second kappa shape index (κ2) is 9.05. The molecule has 3 rings (SSSR count). The zero-order valence-corrected chi connectivity index (χ0v) is 18.1. The van der Waals surface area contributed by atoms with Crippen LogP contribution in [0.25, 0.3) is 10.9 Å². The summed E-state index contributed by atoms with van der Waals surface area (Å²) < 4.78 is 5.82. The molecule has 28 heavy (non-hydrogen) atoms. The first-order chi connectivity index (χ1) is 13.3. The van der Waals surface area contributed by atoms with Crippen LogP contribution in [0.4, 0.5) is 0 Å². The number of nitrogens with one attached hydrogen (secondary N) is 2. The van der Waals surface area contributed by atoms with Gasteiger partial charge in [-0.1, -0.05) is 26.0 Å². The smallest absolute Gasteiger partial charge is 0.253 e. The van der Waals surface area contributed by atoms with Gasteiger partial charge in [0.1, 0.15) is 0 Å². The molecule has 5 nitrogen and oxygen atoms in total. The van der Waals surface area contributed by atoms with Gasteiger partial charge in [-0.25, -0.2) is 0 Å². The summed E-state index contributed by atoms with van der Waals surface area (Å²) in [4.78, 5) is 17.9. The quantitative estimate of drug-likeness (QED) is 0.724. The molecule has 0 unspecified atom stereocenters. The minimum Gasteiger partial charge on any atom is -0.376 e. The number of ether oxygens (including phenoxy) is 1. The molecule has 2 N–H and O–H groups in total. The molecule has 1 aromatic heterocycles. The molecular weight excluding hydrogens is 370 g/mol. The number of aryl methyl sites for hydroxylation is 2. The van der Waals surface area contributed by atoms with E-state index in [2.05, 4.69) is 42.0 Å². The van der Waals surface area contributed by atoms with Crippen molar-refractivity contribution in [3.63, 3.8) is 0 Å². The summed E-state index contributed by atoms with van der Waals surface area (Å²) in [6, 6.07) is 6.16. The van der Waals surface area contributed by atoms with Gasteiger partial charge in [-0.05, 0) is 62.0 Å². The average Bonchev–Trinajstić information content (AvgIpc) is 3.16. The molecule has 2 heterocycles. The van der Waals surface area contributed by atoms with E-state index < -0.39 is 0 Å². The van der Waals surface area contributed by atoms with Crippen LogP contribution in [-0.4, -0.2) is 40.8 Å². The van der Waals surface area contributed by atoms with Crippen molar-refractivity contribution in [2.45, 2.75) is 53.2 Å². The van der Waals surface area contributed by atoms with E-state index in [-0.39, 0.29) is 11.7 Å². The average molecular weight is 402 g/mol. The third kappa shape index (κ3) is 4.92. The molecule has 0 spiro atoms. The number of aromatic amines is 1. The second-order valence-corrected chi connectivity index (χ2v) is 8.59. The molecule has 0 amide bonds. The van der Waals surface area contributed by atoms with Gasteiger partial charge in [-0.15, -0.1) is 0 Å². The summed E-state index contributed by atoms with van der Waals surface area (Å²) >= 11 is 5.66. The van der Waals surface area contributed by atoms with E-state index >= 15 is 0 Å². The first kappa shape index (κ1) is 20.8. The molecule has 1 saturated heterocycles. The first-order valence-electron chi connectivity index (χ1n) is 10.1. The van der Waals surface area contributed by atoms with E-state index in [0.717, 1.165) is 53.6 Å². The van der Waals surface area contributed by atoms with E-state index in [4.69, 9.17) is 17.0 Å². The molecule has 1 atom stereocenters. The Morgan fingerprint density at radius 3 is 2.79 bits per heavy atom. The van der Waals surface area contributed by atoms with Crippen molar-refractivity contribution in [2.75, 3.05) is 19.7 Å². The van der Waals surface area contributed by atoms with Crippen molar-refractivity contribution >= 4 is 28.2 Å². The highest BCUT2D eigenvalue weighted by atomic mass is 32.1. The summed E-state index contributed by atoms with van der Waals surface area (Å²) in [5.41, 5.74) is 3.83. The van der Waals surface area contributed by atoms with E-state index in [0.29, 0.717) is 24.1 Å². The van der Waals surface area contributed by atoms with Gasteiger partial charge in [0.05, 0.1) is 18.2 Å². The lowest BCUT2D eigenvalue weighted by atomic mass is 10.0. The first-order valence-corrected chi connectivity index (χ1v) is 10.5. The van der Waals surface area contributed by atoms with E-state index in [1.165, 1.54) is 0 Å². The monoisotopic (exact) mass is 401 g/mol. The van der Waals surface area contributed by atoms with Gasteiger partial charge in [0.25, 0.3) is 5.56 Å². The van der Waals surface area contributed by atoms with Gasteiger partial charge in [0.2, 0.25) is 0 Å². The molecule has 0 saturated carbocycles. The Hall–Kier alpha value is -1.92. The van der Waals surface area contributed by atoms with Crippen LogP contribution in [-0.2, 0) is 11.3 Å². The Kier molecular flexibility index (Phi) is 6.73. The van der Waals surface area contributed by atoms with Crippen molar-refractivity contribution in [3.05, 3.63) is 45.2 Å². The molecule has 0 radical (unpaired) electrons. The van der Waals surface area contributed by atoms with Crippen molar-refractivity contribution in [2.24, 2.45) is 5.92 Å². The largest absolute Gasteiger partial charge is 0.376 e. The number of aromatic nitrogens is 1. The highest BCUT2D eigenvalue weighted by Gasteiger charge is 2.22. The summed E-state index contributed by atoms with van der Waals surface area (Å²) in [5, 5.41) is 5.12. The topological polar surface area (TPSA) is 57.4 Å². The van der Waals surface area contributed by atoms with Crippen LogP contribution in [0.3, 0.4) is 0 Å². The molecule has 1 fully saturated rings. The Morgan fingerprint density at radius 2 is 2.11 bits per heavy atom. The van der Waals surface area contributed by atoms with Crippen molar-refractivity contribution < 1.29 is 4.74 Å². The molecular formula is C22H31N3O2S. The molecule has 2 aromatic rings. The third-order valence-electron chi connectivity index (χ3n) is 5.28.